The number of para-hydroxylation sites is 1. The maximum atomic E-state index is 12.9. The van der Waals surface area contributed by atoms with Gasteiger partial charge in [0.1, 0.15) is 5.75 Å². The number of benzene rings is 2. The van der Waals surface area contributed by atoms with Gasteiger partial charge < -0.3 is 14.8 Å². The summed E-state index contributed by atoms with van der Waals surface area (Å²) in [5, 5.41) is 2.52. The fraction of sp³-hybridized carbons (Fsp3) is 0.222. The van der Waals surface area contributed by atoms with Crippen LogP contribution in [0.3, 0.4) is 0 Å². The van der Waals surface area contributed by atoms with Gasteiger partial charge in [0.2, 0.25) is 0 Å². The lowest BCUT2D eigenvalue weighted by Crippen LogP contribution is -2.32. The maximum absolute atomic E-state index is 12.9. The molecule has 9 heteroatoms. The Hall–Kier alpha value is -2.74. The molecule has 0 unspecified atom stereocenters. The lowest BCUT2D eigenvalue weighted by Gasteiger charge is -2.17. The van der Waals surface area contributed by atoms with Crippen molar-refractivity contribution in [3.8, 4) is 5.75 Å². The number of anilines is 1. The summed E-state index contributed by atoms with van der Waals surface area (Å²) in [6, 6.07) is 10.8. The summed E-state index contributed by atoms with van der Waals surface area (Å²) >= 11 is 5.78. The number of alkyl halides is 3. The van der Waals surface area contributed by atoms with Gasteiger partial charge in [-0.1, -0.05) is 29.8 Å². The van der Waals surface area contributed by atoms with Crippen molar-refractivity contribution >= 4 is 29.2 Å². The minimum atomic E-state index is -4.63. The van der Waals surface area contributed by atoms with Crippen molar-refractivity contribution in [3.63, 3.8) is 0 Å². The smallest absolute Gasteiger partial charge is 0.418 e. The van der Waals surface area contributed by atoms with Gasteiger partial charge in [0.25, 0.3) is 5.91 Å². The monoisotopic (exact) mass is 401 g/mol. The fourth-order valence-electron chi connectivity index (χ4n) is 2.06. The molecule has 0 fully saturated rings. The Morgan fingerprint density at radius 1 is 1.15 bits per heavy atom. The number of hydrogen-bond donors (Lipinski definition) is 1. The zero-order chi connectivity index (χ0) is 20.0. The van der Waals surface area contributed by atoms with Crippen LogP contribution in [0.25, 0.3) is 0 Å². The number of nitrogens with one attached hydrogen (secondary N) is 1. The molecule has 0 bridgehead atoms. The van der Waals surface area contributed by atoms with Crippen molar-refractivity contribution in [1.82, 2.24) is 0 Å². The fourth-order valence-corrected chi connectivity index (χ4v) is 2.24. The SMILES string of the molecule is C[C@@H](OC(=O)COc1cccc(Cl)c1)C(=O)Nc1ccccc1C(F)(F)F. The number of carbonyl (C=O) groups is 2. The van der Waals surface area contributed by atoms with Gasteiger partial charge in [-0.3, -0.25) is 4.79 Å². The molecule has 0 radical (unpaired) electrons. The highest BCUT2D eigenvalue weighted by Gasteiger charge is 2.34. The second kappa shape index (κ2) is 8.77. The molecule has 27 heavy (non-hydrogen) atoms. The standard InChI is InChI=1S/C18H15ClF3NO4/c1-11(27-16(24)10-26-13-6-4-5-12(19)9-13)17(25)23-15-8-3-2-7-14(15)18(20,21)22/h2-9,11H,10H2,1H3,(H,23,25)/t11-/m1/s1. The first-order valence-corrected chi connectivity index (χ1v) is 8.09. The lowest BCUT2D eigenvalue weighted by atomic mass is 10.1. The number of ether oxygens (including phenoxy) is 2. The van der Waals surface area contributed by atoms with Crippen molar-refractivity contribution in [3.05, 3.63) is 59.1 Å². The molecule has 0 spiro atoms. The normalized spacial score (nSPS) is 12.2. The molecule has 0 heterocycles. The average Bonchev–Trinajstić information content (AvgIpc) is 2.59. The van der Waals surface area contributed by atoms with Crippen LogP contribution in [-0.2, 0) is 20.5 Å². The highest BCUT2D eigenvalue weighted by atomic mass is 35.5. The summed E-state index contributed by atoms with van der Waals surface area (Å²) in [6.45, 7) is 0.750. The number of carbonyl (C=O) groups excluding carboxylic acids is 2. The number of hydrogen-bond acceptors (Lipinski definition) is 4. The molecule has 0 aliphatic heterocycles. The van der Waals surface area contributed by atoms with Crippen molar-refractivity contribution in [2.75, 3.05) is 11.9 Å². The van der Waals surface area contributed by atoms with Crippen LogP contribution in [0.4, 0.5) is 18.9 Å². The minimum absolute atomic E-state index is 0.329. The first kappa shape index (κ1) is 20.6. The van der Waals surface area contributed by atoms with Crippen LogP contribution in [0.5, 0.6) is 5.75 Å². The van der Waals surface area contributed by atoms with Crippen LogP contribution < -0.4 is 10.1 Å². The average molecular weight is 402 g/mol. The van der Waals surface area contributed by atoms with E-state index in [1.165, 1.54) is 25.1 Å². The summed E-state index contributed by atoms with van der Waals surface area (Å²) in [7, 11) is 0. The van der Waals surface area contributed by atoms with Crippen LogP contribution in [0.1, 0.15) is 12.5 Å². The van der Waals surface area contributed by atoms with Gasteiger partial charge in [-0.05, 0) is 37.3 Å². The zero-order valence-corrected chi connectivity index (χ0v) is 14.8. The lowest BCUT2D eigenvalue weighted by molar-refractivity contribution is -0.155. The molecule has 5 nitrogen and oxygen atoms in total. The quantitative estimate of drug-likeness (QED) is 0.733. The van der Waals surface area contributed by atoms with Crippen LogP contribution >= 0.6 is 11.6 Å². The van der Waals surface area contributed by atoms with Crippen molar-refractivity contribution in [1.29, 1.82) is 0 Å². The van der Waals surface area contributed by atoms with Gasteiger partial charge in [-0.2, -0.15) is 13.2 Å². The molecule has 144 valence electrons. The Bertz CT molecular complexity index is 826. The van der Waals surface area contributed by atoms with Crippen molar-refractivity contribution in [2.45, 2.75) is 19.2 Å². The molecule has 1 amide bonds. The summed E-state index contributed by atoms with van der Waals surface area (Å²) in [6.07, 6.45) is -5.95. The molecule has 1 N–H and O–H groups in total. The molecule has 2 aromatic carbocycles. The molecule has 0 aliphatic carbocycles. The first-order chi connectivity index (χ1) is 12.7. The molecule has 0 saturated heterocycles. The summed E-state index contributed by atoms with van der Waals surface area (Å²) < 4.78 is 48.9. The molecular formula is C18H15ClF3NO4. The van der Waals surface area contributed by atoms with E-state index >= 15 is 0 Å². The number of rotatable bonds is 6. The first-order valence-electron chi connectivity index (χ1n) is 7.72. The van der Waals surface area contributed by atoms with E-state index in [1.807, 2.05) is 0 Å². The molecule has 0 aromatic heterocycles. The Labute approximate surface area is 158 Å². The van der Waals surface area contributed by atoms with Crippen LogP contribution in [0.15, 0.2) is 48.5 Å². The van der Waals surface area contributed by atoms with Gasteiger partial charge >= 0.3 is 12.1 Å². The van der Waals surface area contributed by atoms with E-state index in [4.69, 9.17) is 21.1 Å². The van der Waals surface area contributed by atoms with E-state index in [1.54, 1.807) is 18.2 Å². The maximum Gasteiger partial charge on any atom is 0.418 e. The molecule has 0 aliphatic rings. The number of halogens is 4. The van der Waals surface area contributed by atoms with Crippen LogP contribution in [0.2, 0.25) is 5.02 Å². The van der Waals surface area contributed by atoms with E-state index < -0.39 is 42.0 Å². The molecule has 2 rings (SSSR count). The summed E-state index contributed by atoms with van der Waals surface area (Å²) in [5.74, 6) is -1.43. The summed E-state index contributed by atoms with van der Waals surface area (Å²) in [4.78, 5) is 23.8. The third-order valence-electron chi connectivity index (χ3n) is 3.32. The van der Waals surface area contributed by atoms with E-state index in [9.17, 15) is 22.8 Å². The predicted octanol–water partition coefficient (Wildman–Crippen LogP) is 4.31. The number of amides is 1. The second-order valence-corrected chi connectivity index (χ2v) is 5.85. The van der Waals surface area contributed by atoms with Crippen LogP contribution in [-0.4, -0.2) is 24.6 Å². The third-order valence-corrected chi connectivity index (χ3v) is 3.56. The largest absolute Gasteiger partial charge is 0.482 e. The van der Waals surface area contributed by atoms with Crippen LogP contribution in [0, 0.1) is 0 Å². The summed E-state index contributed by atoms with van der Waals surface area (Å²) in [5.41, 5.74) is -1.42. The molecule has 1 atom stereocenters. The van der Waals surface area contributed by atoms with Gasteiger partial charge in [0, 0.05) is 5.02 Å². The Balaban J connectivity index is 1.91. The van der Waals surface area contributed by atoms with Gasteiger partial charge in [0.05, 0.1) is 11.3 Å². The van der Waals surface area contributed by atoms with E-state index in [-0.39, 0.29) is 0 Å². The highest BCUT2D eigenvalue weighted by Crippen LogP contribution is 2.34. The van der Waals surface area contributed by atoms with Gasteiger partial charge in [-0.25, -0.2) is 4.79 Å². The van der Waals surface area contributed by atoms with Gasteiger partial charge in [-0.15, -0.1) is 0 Å². The Kier molecular flexibility index (Phi) is 6.68. The Morgan fingerprint density at radius 2 is 1.85 bits per heavy atom. The minimum Gasteiger partial charge on any atom is -0.482 e. The van der Waals surface area contributed by atoms with E-state index in [0.29, 0.717) is 10.8 Å². The van der Waals surface area contributed by atoms with Gasteiger partial charge in [0.15, 0.2) is 12.7 Å². The zero-order valence-electron chi connectivity index (χ0n) is 14.0. The van der Waals surface area contributed by atoms with E-state index in [0.717, 1.165) is 12.1 Å². The topological polar surface area (TPSA) is 64.6 Å². The second-order valence-electron chi connectivity index (χ2n) is 5.41. The predicted molar refractivity (Wildman–Crippen MR) is 92.6 cm³/mol. The van der Waals surface area contributed by atoms with E-state index in [2.05, 4.69) is 5.32 Å². The molecule has 0 saturated carbocycles. The highest BCUT2D eigenvalue weighted by molar-refractivity contribution is 6.30. The molecule has 2 aromatic rings. The Morgan fingerprint density at radius 3 is 2.52 bits per heavy atom. The third kappa shape index (κ3) is 6.18. The molecular weight excluding hydrogens is 387 g/mol. The van der Waals surface area contributed by atoms with Crippen molar-refractivity contribution in [2.24, 2.45) is 0 Å². The number of esters is 1. The van der Waals surface area contributed by atoms with Crippen molar-refractivity contribution < 1.29 is 32.2 Å².